The molecule has 0 aliphatic heterocycles. The van der Waals surface area contributed by atoms with Gasteiger partial charge in [0.25, 0.3) is 0 Å². The monoisotopic (exact) mass is 203 g/mol. The van der Waals surface area contributed by atoms with Crippen molar-refractivity contribution < 1.29 is 9.84 Å². The van der Waals surface area contributed by atoms with Gasteiger partial charge in [0.15, 0.2) is 0 Å². The van der Waals surface area contributed by atoms with Crippen molar-refractivity contribution in [1.29, 1.82) is 0 Å². The minimum absolute atomic E-state index is 0.0347. The molecule has 0 saturated carbocycles. The first-order valence-electron chi connectivity index (χ1n) is 4.80. The number of fused-ring (bicyclic) bond motifs is 1. The molecule has 0 aliphatic carbocycles. The molecule has 1 aromatic carbocycles. The first-order valence-corrected chi connectivity index (χ1v) is 4.80. The minimum atomic E-state index is -0.0347. The van der Waals surface area contributed by atoms with Crippen LogP contribution < -0.4 is 4.74 Å². The molecule has 0 amide bonds. The van der Waals surface area contributed by atoms with Crippen molar-refractivity contribution in [3.63, 3.8) is 0 Å². The molecule has 0 bridgehead atoms. The standard InChI is InChI=1S/C12H13NO2/c1-8-5-6-13-10-3-4-11(15-2)9(7-14)12(8)10/h3-6,14H,7H2,1-2H3. The minimum Gasteiger partial charge on any atom is -0.496 e. The van der Waals surface area contributed by atoms with Crippen LogP contribution >= 0.6 is 0 Å². The maximum absolute atomic E-state index is 9.36. The lowest BCUT2D eigenvalue weighted by Gasteiger charge is -2.10. The molecule has 0 saturated heterocycles. The molecule has 0 aliphatic rings. The van der Waals surface area contributed by atoms with E-state index in [1.165, 1.54) is 0 Å². The van der Waals surface area contributed by atoms with Gasteiger partial charge in [-0.3, -0.25) is 4.98 Å². The maximum Gasteiger partial charge on any atom is 0.125 e. The summed E-state index contributed by atoms with van der Waals surface area (Å²) in [5.74, 6) is 0.709. The highest BCUT2D eigenvalue weighted by Gasteiger charge is 2.09. The van der Waals surface area contributed by atoms with Crippen LogP contribution in [0.3, 0.4) is 0 Å². The third kappa shape index (κ3) is 1.55. The molecule has 2 rings (SSSR count). The van der Waals surface area contributed by atoms with Crippen LogP contribution in [-0.2, 0) is 6.61 Å². The van der Waals surface area contributed by atoms with Crippen LogP contribution in [0.25, 0.3) is 10.9 Å². The van der Waals surface area contributed by atoms with Crippen molar-refractivity contribution >= 4 is 10.9 Å². The number of methoxy groups -OCH3 is 1. The van der Waals surface area contributed by atoms with Crippen LogP contribution in [0.4, 0.5) is 0 Å². The summed E-state index contributed by atoms with van der Waals surface area (Å²) in [5.41, 5.74) is 2.79. The Morgan fingerprint density at radius 1 is 1.33 bits per heavy atom. The number of aryl methyl sites for hydroxylation is 1. The summed E-state index contributed by atoms with van der Waals surface area (Å²) in [7, 11) is 1.60. The van der Waals surface area contributed by atoms with Crippen LogP contribution in [0.2, 0.25) is 0 Å². The van der Waals surface area contributed by atoms with Crippen LogP contribution in [-0.4, -0.2) is 17.2 Å². The molecule has 0 spiro atoms. The number of ether oxygens (including phenoxy) is 1. The Labute approximate surface area is 88.3 Å². The van der Waals surface area contributed by atoms with Crippen LogP contribution in [0.1, 0.15) is 11.1 Å². The van der Waals surface area contributed by atoms with E-state index in [1.807, 2.05) is 25.1 Å². The van der Waals surface area contributed by atoms with Crippen LogP contribution in [0.5, 0.6) is 5.75 Å². The van der Waals surface area contributed by atoms with Gasteiger partial charge in [-0.05, 0) is 30.7 Å². The van der Waals surface area contributed by atoms with Crippen molar-refractivity contribution in [3.8, 4) is 5.75 Å². The van der Waals surface area contributed by atoms with Crippen molar-refractivity contribution in [3.05, 3.63) is 35.5 Å². The molecule has 3 nitrogen and oxygen atoms in total. The highest BCUT2D eigenvalue weighted by molar-refractivity contribution is 5.87. The number of pyridine rings is 1. The summed E-state index contributed by atoms with van der Waals surface area (Å²) in [6, 6.07) is 5.67. The van der Waals surface area contributed by atoms with Crippen molar-refractivity contribution in [1.82, 2.24) is 4.98 Å². The lowest BCUT2D eigenvalue weighted by atomic mass is 10.0. The number of rotatable bonds is 2. The molecule has 2 aromatic rings. The average molecular weight is 203 g/mol. The van der Waals surface area contributed by atoms with Crippen LogP contribution in [0, 0.1) is 6.92 Å². The largest absolute Gasteiger partial charge is 0.496 e. The Bertz CT molecular complexity index is 494. The molecular formula is C12H13NO2. The van der Waals surface area contributed by atoms with E-state index < -0.39 is 0 Å². The summed E-state index contributed by atoms with van der Waals surface area (Å²) < 4.78 is 5.21. The maximum atomic E-state index is 9.36. The summed E-state index contributed by atoms with van der Waals surface area (Å²) >= 11 is 0. The van der Waals surface area contributed by atoms with E-state index in [1.54, 1.807) is 13.3 Å². The zero-order valence-electron chi connectivity index (χ0n) is 8.82. The third-order valence-electron chi connectivity index (χ3n) is 2.56. The molecular weight excluding hydrogens is 190 g/mol. The Kier molecular flexibility index (Phi) is 2.56. The van der Waals surface area contributed by atoms with E-state index in [4.69, 9.17) is 4.74 Å². The number of aromatic nitrogens is 1. The third-order valence-corrected chi connectivity index (χ3v) is 2.56. The number of hydrogen-bond donors (Lipinski definition) is 1. The molecule has 1 heterocycles. The highest BCUT2D eigenvalue weighted by atomic mass is 16.5. The molecule has 1 N–H and O–H groups in total. The van der Waals surface area contributed by atoms with Crippen LogP contribution in [0.15, 0.2) is 24.4 Å². The van der Waals surface area contributed by atoms with Crippen molar-refractivity contribution in [2.24, 2.45) is 0 Å². The molecule has 0 fully saturated rings. The Morgan fingerprint density at radius 2 is 2.13 bits per heavy atom. The van der Waals surface area contributed by atoms with Gasteiger partial charge in [0.1, 0.15) is 5.75 Å². The first-order chi connectivity index (χ1) is 7.27. The Balaban J connectivity index is 2.85. The van der Waals surface area contributed by atoms with Gasteiger partial charge >= 0.3 is 0 Å². The van der Waals surface area contributed by atoms with E-state index in [0.29, 0.717) is 5.75 Å². The normalized spacial score (nSPS) is 10.6. The lowest BCUT2D eigenvalue weighted by molar-refractivity contribution is 0.275. The van der Waals surface area contributed by atoms with E-state index in [2.05, 4.69) is 4.98 Å². The van der Waals surface area contributed by atoms with E-state index in [-0.39, 0.29) is 6.61 Å². The van der Waals surface area contributed by atoms with Gasteiger partial charge in [0.2, 0.25) is 0 Å². The molecule has 15 heavy (non-hydrogen) atoms. The summed E-state index contributed by atoms with van der Waals surface area (Å²) in [5, 5.41) is 10.3. The fourth-order valence-corrected chi connectivity index (χ4v) is 1.82. The first kappa shape index (κ1) is 9.93. The Morgan fingerprint density at radius 3 is 2.80 bits per heavy atom. The van der Waals surface area contributed by atoms with Crippen molar-refractivity contribution in [2.75, 3.05) is 7.11 Å². The summed E-state index contributed by atoms with van der Waals surface area (Å²) in [6.07, 6.45) is 1.77. The Hall–Kier alpha value is -1.61. The van der Waals surface area contributed by atoms with E-state index >= 15 is 0 Å². The molecule has 1 aromatic heterocycles. The van der Waals surface area contributed by atoms with Gasteiger partial charge in [-0.25, -0.2) is 0 Å². The predicted octanol–water partition coefficient (Wildman–Crippen LogP) is 2.04. The van der Waals surface area contributed by atoms with Gasteiger partial charge in [-0.2, -0.15) is 0 Å². The molecule has 3 heteroatoms. The molecule has 0 atom stereocenters. The van der Waals surface area contributed by atoms with Crippen molar-refractivity contribution in [2.45, 2.75) is 13.5 Å². The summed E-state index contributed by atoms with van der Waals surface area (Å²) in [4.78, 5) is 4.26. The average Bonchev–Trinajstić information content (AvgIpc) is 2.28. The van der Waals surface area contributed by atoms with Gasteiger partial charge in [-0.1, -0.05) is 0 Å². The van der Waals surface area contributed by atoms with Gasteiger partial charge in [-0.15, -0.1) is 0 Å². The predicted molar refractivity (Wildman–Crippen MR) is 59.0 cm³/mol. The molecule has 0 radical (unpaired) electrons. The summed E-state index contributed by atoms with van der Waals surface area (Å²) in [6.45, 7) is 1.97. The number of aliphatic hydroxyl groups excluding tert-OH is 1. The number of nitrogens with zero attached hydrogens (tertiary/aromatic N) is 1. The van der Waals surface area contributed by atoms with E-state index in [9.17, 15) is 5.11 Å². The molecule has 78 valence electrons. The zero-order chi connectivity index (χ0) is 10.8. The number of benzene rings is 1. The van der Waals surface area contributed by atoms with Gasteiger partial charge in [0.05, 0.1) is 19.2 Å². The van der Waals surface area contributed by atoms with Gasteiger partial charge in [0, 0.05) is 17.1 Å². The quantitative estimate of drug-likeness (QED) is 0.812. The fourth-order valence-electron chi connectivity index (χ4n) is 1.82. The number of hydrogen-bond acceptors (Lipinski definition) is 3. The highest BCUT2D eigenvalue weighted by Crippen LogP contribution is 2.28. The SMILES string of the molecule is COc1ccc2nccc(C)c2c1CO. The lowest BCUT2D eigenvalue weighted by Crippen LogP contribution is -1.95. The van der Waals surface area contributed by atoms with E-state index in [0.717, 1.165) is 22.0 Å². The second-order valence-corrected chi connectivity index (χ2v) is 3.43. The fraction of sp³-hybridized carbons (Fsp3) is 0.250. The number of aliphatic hydroxyl groups is 1. The second kappa shape index (κ2) is 3.87. The smallest absolute Gasteiger partial charge is 0.125 e. The van der Waals surface area contributed by atoms with Gasteiger partial charge < -0.3 is 9.84 Å². The topological polar surface area (TPSA) is 42.4 Å². The zero-order valence-corrected chi connectivity index (χ0v) is 8.82. The molecule has 0 unspecified atom stereocenters. The second-order valence-electron chi connectivity index (χ2n) is 3.43.